The van der Waals surface area contributed by atoms with Gasteiger partial charge in [0.25, 0.3) is 0 Å². The Balaban J connectivity index is 2.58. The van der Waals surface area contributed by atoms with E-state index in [1.165, 1.54) is 0 Å². The summed E-state index contributed by atoms with van der Waals surface area (Å²) in [5.41, 5.74) is 1.09. The molecule has 0 aromatic carbocycles. The van der Waals surface area contributed by atoms with Crippen molar-refractivity contribution in [2.75, 3.05) is 5.32 Å². The van der Waals surface area contributed by atoms with Gasteiger partial charge in [0, 0.05) is 17.9 Å². The van der Waals surface area contributed by atoms with E-state index in [1.807, 2.05) is 13.1 Å². The minimum atomic E-state index is 0.436. The molecule has 0 aliphatic rings. The van der Waals surface area contributed by atoms with Crippen molar-refractivity contribution in [3.63, 3.8) is 0 Å². The van der Waals surface area contributed by atoms with Gasteiger partial charge in [0.2, 0.25) is 0 Å². The van der Waals surface area contributed by atoms with Crippen LogP contribution in [0.3, 0.4) is 0 Å². The van der Waals surface area contributed by atoms with E-state index in [4.69, 9.17) is 0 Å². The Morgan fingerprint density at radius 2 is 2.30 bits per heavy atom. The highest BCUT2D eigenvalue weighted by Gasteiger charge is 1.96. The molecule has 0 amide bonds. The van der Waals surface area contributed by atoms with Gasteiger partial charge >= 0.3 is 0 Å². The molecule has 2 N–H and O–H groups in total. The lowest BCUT2D eigenvalue weighted by atomic mass is 10.4. The van der Waals surface area contributed by atoms with Crippen molar-refractivity contribution in [3.8, 4) is 0 Å². The predicted octanol–water partition coefficient (Wildman–Crippen LogP) is 1.54. The summed E-state index contributed by atoms with van der Waals surface area (Å²) < 4.78 is 0. The molecule has 0 saturated heterocycles. The molecule has 0 unspecified atom stereocenters. The van der Waals surface area contributed by atoms with E-state index >= 15 is 0 Å². The molecule has 0 atom stereocenters. The number of aromatic nitrogens is 2. The van der Waals surface area contributed by atoms with Crippen molar-refractivity contribution in [3.05, 3.63) is 11.9 Å². The van der Waals surface area contributed by atoms with Gasteiger partial charge in [0.15, 0.2) is 5.95 Å². The minimum Gasteiger partial charge on any atom is -0.354 e. The van der Waals surface area contributed by atoms with E-state index in [0.29, 0.717) is 6.04 Å². The third-order valence-electron chi connectivity index (χ3n) is 1.13. The summed E-state index contributed by atoms with van der Waals surface area (Å²) in [5.74, 6) is 0.854. The number of hydrogen-bond donors (Lipinski definition) is 2. The van der Waals surface area contributed by atoms with Crippen molar-refractivity contribution in [1.29, 1.82) is 0 Å². The van der Waals surface area contributed by atoms with Crippen LogP contribution >= 0.6 is 0 Å². The Hall–Kier alpha value is -0.990. The molecule has 0 saturated carbocycles. The smallest absolute Gasteiger partial charge is 0.200 e. The van der Waals surface area contributed by atoms with Crippen molar-refractivity contribution < 1.29 is 0 Å². The number of nitrogens with one attached hydrogen (secondary N) is 2. The molecule has 1 heterocycles. The molecule has 56 valence electrons. The van der Waals surface area contributed by atoms with E-state index in [0.717, 1.165) is 11.6 Å². The second kappa shape index (κ2) is 2.73. The van der Waals surface area contributed by atoms with Gasteiger partial charge in [-0.15, -0.1) is 0 Å². The van der Waals surface area contributed by atoms with Crippen LogP contribution < -0.4 is 5.32 Å². The van der Waals surface area contributed by atoms with Gasteiger partial charge in [-0.05, 0) is 20.8 Å². The van der Waals surface area contributed by atoms with Gasteiger partial charge in [-0.3, -0.25) is 0 Å². The van der Waals surface area contributed by atoms with E-state index in [-0.39, 0.29) is 0 Å². The summed E-state index contributed by atoms with van der Waals surface area (Å²) in [6.45, 7) is 6.15. The molecule has 0 bridgehead atoms. The average molecular weight is 139 g/mol. The first-order chi connectivity index (χ1) is 4.68. The number of nitrogens with zero attached hydrogens (tertiary/aromatic N) is 1. The second-order valence-electron chi connectivity index (χ2n) is 2.71. The van der Waals surface area contributed by atoms with Crippen LogP contribution in [0.15, 0.2) is 6.20 Å². The second-order valence-corrected chi connectivity index (χ2v) is 2.71. The molecule has 3 nitrogen and oxygen atoms in total. The third-order valence-corrected chi connectivity index (χ3v) is 1.13. The molecule has 1 aromatic heterocycles. The number of hydrogen-bond acceptors (Lipinski definition) is 2. The average Bonchev–Trinajstić information content (AvgIpc) is 2.13. The predicted molar refractivity (Wildman–Crippen MR) is 42.1 cm³/mol. The Labute approximate surface area is 60.9 Å². The molecule has 0 radical (unpaired) electrons. The Bertz CT molecular complexity index is 202. The van der Waals surface area contributed by atoms with Crippen molar-refractivity contribution in [1.82, 2.24) is 9.97 Å². The van der Waals surface area contributed by atoms with Crippen molar-refractivity contribution >= 4 is 5.95 Å². The normalized spacial score (nSPS) is 10.4. The van der Waals surface area contributed by atoms with Crippen molar-refractivity contribution in [2.24, 2.45) is 0 Å². The molecule has 0 aliphatic heterocycles. The number of aromatic amines is 1. The van der Waals surface area contributed by atoms with Crippen molar-refractivity contribution in [2.45, 2.75) is 26.8 Å². The summed E-state index contributed by atoms with van der Waals surface area (Å²) in [6, 6.07) is 0.436. The zero-order valence-corrected chi connectivity index (χ0v) is 6.60. The van der Waals surface area contributed by atoms with Crippen LogP contribution in [-0.4, -0.2) is 16.0 Å². The first kappa shape index (κ1) is 7.12. The molecule has 0 spiro atoms. The number of rotatable bonds is 2. The minimum absolute atomic E-state index is 0.436. The van der Waals surface area contributed by atoms with Gasteiger partial charge in [-0.1, -0.05) is 0 Å². The van der Waals surface area contributed by atoms with Gasteiger partial charge in [-0.25, -0.2) is 4.98 Å². The van der Waals surface area contributed by atoms with Crippen LogP contribution in [0, 0.1) is 6.92 Å². The van der Waals surface area contributed by atoms with Crippen LogP contribution in [-0.2, 0) is 0 Å². The SMILES string of the molecule is Cc1cnc(NC(C)C)[nH]1. The number of imidazole rings is 1. The fourth-order valence-electron chi connectivity index (χ4n) is 0.759. The molecule has 3 heteroatoms. The summed E-state index contributed by atoms with van der Waals surface area (Å²) in [7, 11) is 0. The van der Waals surface area contributed by atoms with Crippen LogP contribution in [0.1, 0.15) is 19.5 Å². The maximum absolute atomic E-state index is 4.09. The highest BCUT2D eigenvalue weighted by Crippen LogP contribution is 2.01. The Morgan fingerprint density at radius 3 is 2.70 bits per heavy atom. The zero-order valence-electron chi connectivity index (χ0n) is 6.60. The molecule has 0 fully saturated rings. The van der Waals surface area contributed by atoms with Gasteiger partial charge in [0.1, 0.15) is 0 Å². The highest BCUT2D eigenvalue weighted by atomic mass is 15.1. The lowest BCUT2D eigenvalue weighted by molar-refractivity contribution is 0.881. The van der Waals surface area contributed by atoms with E-state index in [2.05, 4.69) is 29.1 Å². The number of H-pyrrole nitrogens is 1. The highest BCUT2D eigenvalue weighted by molar-refractivity contribution is 5.26. The maximum atomic E-state index is 4.09. The van der Waals surface area contributed by atoms with Gasteiger partial charge in [0.05, 0.1) is 0 Å². The van der Waals surface area contributed by atoms with E-state index in [9.17, 15) is 0 Å². The van der Waals surface area contributed by atoms with Crippen LogP contribution in [0.4, 0.5) is 5.95 Å². The molecule has 0 aliphatic carbocycles. The fourth-order valence-corrected chi connectivity index (χ4v) is 0.759. The first-order valence-corrected chi connectivity index (χ1v) is 3.46. The van der Waals surface area contributed by atoms with E-state index in [1.54, 1.807) is 0 Å². The number of aryl methyl sites for hydroxylation is 1. The standard InChI is InChI=1S/C7H13N3/c1-5(2)9-7-8-4-6(3)10-7/h4-5H,1-3H3,(H2,8,9,10). The van der Waals surface area contributed by atoms with Gasteiger partial charge < -0.3 is 10.3 Å². The third kappa shape index (κ3) is 1.76. The Kier molecular flexibility index (Phi) is 1.94. The van der Waals surface area contributed by atoms with Gasteiger partial charge in [-0.2, -0.15) is 0 Å². The summed E-state index contributed by atoms with van der Waals surface area (Å²) >= 11 is 0. The van der Waals surface area contributed by atoms with E-state index < -0.39 is 0 Å². The topological polar surface area (TPSA) is 40.7 Å². The fraction of sp³-hybridized carbons (Fsp3) is 0.571. The zero-order chi connectivity index (χ0) is 7.56. The lowest BCUT2D eigenvalue weighted by Gasteiger charge is -2.04. The lowest BCUT2D eigenvalue weighted by Crippen LogP contribution is -2.10. The molecule has 1 aromatic rings. The summed E-state index contributed by atoms with van der Waals surface area (Å²) in [4.78, 5) is 7.17. The van der Waals surface area contributed by atoms with Crippen LogP contribution in [0.5, 0.6) is 0 Å². The molecule has 10 heavy (non-hydrogen) atoms. The summed E-state index contributed by atoms with van der Waals surface area (Å²) in [5, 5.41) is 3.16. The molecule has 1 rings (SSSR count). The Morgan fingerprint density at radius 1 is 1.60 bits per heavy atom. The molecular weight excluding hydrogens is 126 g/mol. The summed E-state index contributed by atoms with van der Waals surface area (Å²) in [6.07, 6.45) is 1.81. The van der Waals surface area contributed by atoms with Crippen LogP contribution in [0.25, 0.3) is 0 Å². The number of anilines is 1. The van der Waals surface area contributed by atoms with Crippen LogP contribution in [0.2, 0.25) is 0 Å². The largest absolute Gasteiger partial charge is 0.354 e. The first-order valence-electron chi connectivity index (χ1n) is 3.46. The monoisotopic (exact) mass is 139 g/mol. The maximum Gasteiger partial charge on any atom is 0.200 e. The quantitative estimate of drug-likeness (QED) is 0.652. The molecular formula is C7H13N3.